The van der Waals surface area contributed by atoms with E-state index >= 15 is 0 Å². The van der Waals surface area contributed by atoms with Gasteiger partial charge in [-0.25, -0.2) is 10.2 Å². The molecule has 0 spiro atoms. The van der Waals surface area contributed by atoms with Gasteiger partial charge in [-0.1, -0.05) is 87.7 Å². The van der Waals surface area contributed by atoms with Gasteiger partial charge in [0.15, 0.2) is 5.75 Å². The quantitative estimate of drug-likeness (QED) is 0.0829. The maximum atomic E-state index is 13.3. The Morgan fingerprint density at radius 1 is 0.974 bits per heavy atom. The predicted molar refractivity (Wildman–Crippen MR) is 162 cm³/mol. The number of benzene rings is 4. The van der Waals surface area contributed by atoms with Crippen LogP contribution in [-0.2, 0) is 0 Å². The molecule has 2 N–H and O–H groups in total. The summed E-state index contributed by atoms with van der Waals surface area (Å²) < 4.78 is 6.97. The van der Waals surface area contributed by atoms with Crippen molar-refractivity contribution >= 4 is 72.5 Å². The number of amides is 1. The number of H-pyrrole nitrogens is 1. The Morgan fingerprint density at radius 3 is 2.46 bits per heavy atom. The predicted octanol–water partition coefficient (Wildman–Crippen LogP) is 8.30. The summed E-state index contributed by atoms with van der Waals surface area (Å²) in [5.41, 5.74) is 7.07. The van der Waals surface area contributed by atoms with Gasteiger partial charge in [-0.3, -0.25) is 4.79 Å². The lowest BCUT2D eigenvalue weighted by molar-refractivity contribution is 0.0733. The summed E-state index contributed by atoms with van der Waals surface area (Å²) in [4.78, 5) is 29.3. The molecule has 5 aromatic rings. The van der Waals surface area contributed by atoms with Gasteiger partial charge in [0, 0.05) is 21.0 Å². The summed E-state index contributed by atoms with van der Waals surface area (Å²) in [6.07, 6.45) is 1.42. The molecule has 4 aromatic carbocycles. The van der Waals surface area contributed by atoms with Crippen molar-refractivity contribution in [2.24, 2.45) is 5.10 Å². The Hall–Kier alpha value is -3.72. The number of aryl methyl sites for hydroxylation is 1. The van der Waals surface area contributed by atoms with Gasteiger partial charge in [-0.05, 0) is 58.7 Å². The molecule has 0 aliphatic heterocycles. The lowest BCUT2D eigenvalue weighted by Crippen LogP contribution is -2.19. The molecule has 0 atom stereocenters. The first-order valence-corrected chi connectivity index (χ1v) is 13.7. The van der Waals surface area contributed by atoms with Crippen LogP contribution >= 0.6 is 43.5 Å². The van der Waals surface area contributed by atoms with Gasteiger partial charge >= 0.3 is 5.97 Å². The van der Waals surface area contributed by atoms with E-state index in [4.69, 9.17) is 16.3 Å². The number of hydrogen-bond donors (Lipinski definition) is 2. The first kappa shape index (κ1) is 26.9. The molecule has 5 rings (SSSR count). The van der Waals surface area contributed by atoms with Gasteiger partial charge in [0.1, 0.15) is 5.69 Å². The largest absolute Gasteiger partial charge is 0.421 e. The average Bonchev–Trinajstić information content (AvgIpc) is 3.32. The van der Waals surface area contributed by atoms with E-state index in [1.54, 1.807) is 30.3 Å². The van der Waals surface area contributed by atoms with Gasteiger partial charge in [0.25, 0.3) is 5.91 Å². The van der Waals surface area contributed by atoms with Crippen LogP contribution in [0.15, 0.2) is 99.0 Å². The Labute approximate surface area is 246 Å². The minimum Gasteiger partial charge on any atom is -0.421 e. The Kier molecular flexibility index (Phi) is 7.97. The number of carbonyl (C=O) groups is 2. The highest BCUT2D eigenvalue weighted by Crippen LogP contribution is 2.36. The van der Waals surface area contributed by atoms with Gasteiger partial charge in [-0.15, -0.1) is 0 Å². The van der Waals surface area contributed by atoms with Crippen LogP contribution < -0.4 is 10.2 Å². The molecule has 0 aliphatic rings. The molecular formula is C30H20Br2ClN3O3. The zero-order chi connectivity index (χ0) is 27.5. The summed E-state index contributed by atoms with van der Waals surface area (Å²) in [5, 5.41) is 5.50. The number of nitrogens with zero attached hydrogens (tertiary/aromatic N) is 1. The molecule has 0 fully saturated rings. The molecule has 6 nitrogen and oxygen atoms in total. The van der Waals surface area contributed by atoms with Crippen molar-refractivity contribution in [2.45, 2.75) is 6.92 Å². The molecule has 9 heteroatoms. The van der Waals surface area contributed by atoms with Crippen LogP contribution in [0.3, 0.4) is 0 Å². The zero-order valence-electron chi connectivity index (χ0n) is 20.5. The van der Waals surface area contributed by atoms with E-state index in [9.17, 15) is 9.59 Å². The highest BCUT2D eigenvalue weighted by molar-refractivity contribution is 9.11. The topological polar surface area (TPSA) is 83.5 Å². The second kappa shape index (κ2) is 11.6. The maximum Gasteiger partial charge on any atom is 0.343 e. The molecule has 1 heterocycles. The number of aromatic amines is 1. The van der Waals surface area contributed by atoms with Gasteiger partial charge in [0.2, 0.25) is 0 Å². The van der Waals surface area contributed by atoms with Crippen molar-refractivity contribution in [1.82, 2.24) is 10.4 Å². The number of aromatic nitrogens is 1. The fraction of sp³-hybridized carbons (Fsp3) is 0.0333. The summed E-state index contributed by atoms with van der Waals surface area (Å²) in [7, 11) is 0. The number of ether oxygens (including phenoxy) is 1. The maximum absolute atomic E-state index is 13.3. The number of carbonyl (C=O) groups excluding carboxylic acids is 2. The Morgan fingerprint density at radius 2 is 1.72 bits per heavy atom. The van der Waals surface area contributed by atoms with Crippen LogP contribution in [0, 0.1) is 6.92 Å². The van der Waals surface area contributed by atoms with Crippen LogP contribution in [-0.4, -0.2) is 23.1 Å². The van der Waals surface area contributed by atoms with Gasteiger partial charge < -0.3 is 9.72 Å². The Bertz CT molecular complexity index is 1730. The third kappa shape index (κ3) is 5.83. The molecule has 0 radical (unpaired) electrons. The number of hydrazone groups is 1. The molecular weight excluding hydrogens is 646 g/mol. The van der Waals surface area contributed by atoms with Crippen molar-refractivity contribution in [2.75, 3.05) is 0 Å². The minimum atomic E-state index is -0.515. The second-order valence-electron chi connectivity index (χ2n) is 8.66. The van der Waals surface area contributed by atoms with E-state index in [1.165, 1.54) is 6.21 Å². The van der Waals surface area contributed by atoms with Crippen molar-refractivity contribution in [3.63, 3.8) is 0 Å². The fourth-order valence-electron chi connectivity index (χ4n) is 4.10. The highest BCUT2D eigenvalue weighted by Gasteiger charge is 2.20. The van der Waals surface area contributed by atoms with Crippen LogP contribution in [0.1, 0.15) is 32.0 Å². The lowest BCUT2D eigenvalue weighted by Gasteiger charge is -2.11. The van der Waals surface area contributed by atoms with Gasteiger partial charge in [-0.2, -0.15) is 5.10 Å². The molecule has 39 heavy (non-hydrogen) atoms. The number of rotatable bonds is 6. The van der Waals surface area contributed by atoms with Gasteiger partial charge in [0.05, 0.1) is 26.8 Å². The van der Waals surface area contributed by atoms with E-state index < -0.39 is 11.9 Å². The number of nitrogens with one attached hydrogen (secondary N) is 2. The van der Waals surface area contributed by atoms with E-state index in [0.717, 1.165) is 26.5 Å². The molecule has 0 saturated carbocycles. The SMILES string of the molecule is Cc1ccc(C(=O)Oc2c(Br)cc(Br)cc2C=NNC(=O)c2[nH]c3c(Cl)cccc3c2-c2ccccc2)cc1. The summed E-state index contributed by atoms with van der Waals surface area (Å²) >= 11 is 13.3. The van der Waals surface area contributed by atoms with E-state index in [0.29, 0.717) is 31.8 Å². The van der Waals surface area contributed by atoms with Crippen molar-refractivity contribution in [3.8, 4) is 16.9 Å². The molecule has 0 saturated heterocycles. The van der Waals surface area contributed by atoms with Crippen LogP contribution in [0.4, 0.5) is 0 Å². The fourth-order valence-corrected chi connectivity index (χ4v) is 5.66. The van der Waals surface area contributed by atoms with Crippen LogP contribution in [0.25, 0.3) is 22.0 Å². The number of para-hydroxylation sites is 1. The number of halogens is 3. The highest BCUT2D eigenvalue weighted by atomic mass is 79.9. The molecule has 0 unspecified atom stereocenters. The second-order valence-corrected chi connectivity index (χ2v) is 10.8. The van der Waals surface area contributed by atoms with Crippen molar-refractivity contribution < 1.29 is 14.3 Å². The average molecular weight is 666 g/mol. The number of hydrogen-bond acceptors (Lipinski definition) is 4. The zero-order valence-corrected chi connectivity index (χ0v) is 24.4. The molecule has 0 aliphatic carbocycles. The number of fused-ring (bicyclic) bond motifs is 1. The smallest absolute Gasteiger partial charge is 0.343 e. The minimum absolute atomic E-state index is 0.268. The standard InChI is InChI=1S/C30H20Br2ClN3O3/c1-17-10-12-19(13-11-17)30(38)39-28-20(14-21(31)15-23(28)32)16-34-36-29(37)27-25(18-6-3-2-4-7-18)22-8-5-9-24(33)26(22)35-27/h2-16,35H,1H3,(H,36,37). The van der Waals surface area contributed by atoms with Crippen LogP contribution in [0.5, 0.6) is 5.75 Å². The lowest BCUT2D eigenvalue weighted by atomic mass is 10.0. The third-order valence-electron chi connectivity index (χ3n) is 5.96. The van der Waals surface area contributed by atoms with Crippen LogP contribution in [0.2, 0.25) is 5.02 Å². The van der Waals surface area contributed by atoms with E-state index in [1.807, 2.05) is 61.5 Å². The van der Waals surface area contributed by atoms with E-state index in [-0.39, 0.29) is 5.75 Å². The first-order valence-electron chi connectivity index (χ1n) is 11.8. The molecule has 194 valence electrons. The molecule has 0 bridgehead atoms. The monoisotopic (exact) mass is 663 g/mol. The normalized spacial score (nSPS) is 11.2. The summed E-state index contributed by atoms with van der Waals surface area (Å²) in [6.45, 7) is 1.94. The van der Waals surface area contributed by atoms with Crippen molar-refractivity contribution in [1.29, 1.82) is 0 Å². The van der Waals surface area contributed by atoms with E-state index in [2.05, 4.69) is 47.4 Å². The number of esters is 1. The summed E-state index contributed by atoms with van der Waals surface area (Å²) in [6, 6.07) is 25.7. The third-order valence-corrected chi connectivity index (χ3v) is 7.32. The summed E-state index contributed by atoms with van der Waals surface area (Å²) in [5.74, 6) is -0.701. The molecule has 1 amide bonds. The first-order chi connectivity index (χ1) is 18.8. The van der Waals surface area contributed by atoms with Crippen molar-refractivity contribution in [3.05, 3.63) is 121 Å². The molecule has 1 aromatic heterocycles. The Balaban J connectivity index is 1.44.